The van der Waals surface area contributed by atoms with Gasteiger partial charge < -0.3 is 10.4 Å². The number of aliphatic carboxylic acids is 1. The molecule has 1 aliphatic carbocycles. The Morgan fingerprint density at radius 1 is 1.14 bits per heavy atom. The third-order valence-corrected chi connectivity index (χ3v) is 3.68. The van der Waals surface area contributed by atoms with Crippen molar-refractivity contribution in [2.24, 2.45) is 11.8 Å². The molecule has 0 aliphatic heterocycles. The minimum absolute atomic E-state index is 0.0831. The van der Waals surface area contributed by atoms with Gasteiger partial charge in [0.1, 0.15) is 0 Å². The largest absolute Gasteiger partial charge is 0.481 e. The van der Waals surface area contributed by atoms with Crippen LogP contribution in [0.25, 0.3) is 0 Å². The van der Waals surface area contributed by atoms with Gasteiger partial charge in [-0.2, -0.15) is 13.2 Å². The summed E-state index contributed by atoms with van der Waals surface area (Å²) < 4.78 is 37.2. The number of nitrogens with one attached hydrogen (secondary N) is 1. The topological polar surface area (TPSA) is 66.4 Å². The van der Waals surface area contributed by atoms with Crippen molar-refractivity contribution in [1.82, 2.24) is 5.32 Å². The van der Waals surface area contributed by atoms with E-state index in [1.165, 1.54) is 12.1 Å². The highest BCUT2D eigenvalue weighted by molar-refractivity contribution is 5.86. The zero-order valence-electron chi connectivity index (χ0n) is 11.0. The van der Waals surface area contributed by atoms with Crippen molar-refractivity contribution in [2.75, 3.05) is 0 Å². The first kappa shape index (κ1) is 15.3. The molecule has 2 atom stereocenters. The Morgan fingerprint density at radius 3 is 2.14 bits per heavy atom. The Morgan fingerprint density at radius 2 is 1.71 bits per heavy atom. The number of rotatable bonds is 4. The van der Waals surface area contributed by atoms with Crippen molar-refractivity contribution in [1.29, 1.82) is 0 Å². The van der Waals surface area contributed by atoms with Gasteiger partial charge in [-0.15, -0.1) is 0 Å². The third kappa shape index (κ3) is 3.53. The van der Waals surface area contributed by atoms with Crippen LogP contribution in [0.15, 0.2) is 24.3 Å². The number of amides is 1. The van der Waals surface area contributed by atoms with Gasteiger partial charge in [0.25, 0.3) is 0 Å². The maximum Gasteiger partial charge on any atom is 0.416 e. The molecule has 0 bridgehead atoms. The summed E-state index contributed by atoms with van der Waals surface area (Å²) in [4.78, 5) is 22.6. The van der Waals surface area contributed by atoms with Gasteiger partial charge in [-0.25, -0.2) is 0 Å². The van der Waals surface area contributed by atoms with Crippen molar-refractivity contribution in [2.45, 2.75) is 25.6 Å². The van der Waals surface area contributed by atoms with E-state index in [-0.39, 0.29) is 12.5 Å². The van der Waals surface area contributed by atoms with Crippen LogP contribution in [0, 0.1) is 11.8 Å². The molecule has 2 rings (SSSR count). The number of alkyl halides is 3. The SMILES string of the molecule is O=C(O)C1CCC1C(=O)NCc1ccc(C(F)(F)F)cc1. The lowest BCUT2D eigenvalue weighted by Crippen LogP contribution is -2.43. The van der Waals surface area contributed by atoms with E-state index >= 15 is 0 Å². The van der Waals surface area contributed by atoms with Gasteiger partial charge in [0.2, 0.25) is 5.91 Å². The van der Waals surface area contributed by atoms with Crippen LogP contribution in [0.3, 0.4) is 0 Å². The molecule has 2 unspecified atom stereocenters. The number of carboxylic acids is 1. The number of hydrogen-bond donors (Lipinski definition) is 2. The van der Waals surface area contributed by atoms with E-state index in [1.807, 2.05) is 0 Å². The summed E-state index contributed by atoms with van der Waals surface area (Å²) in [6.45, 7) is 0.0831. The van der Waals surface area contributed by atoms with Crippen molar-refractivity contribution >= 4 is 11.9 Å². The molecule has 7 heteroatoms. The molecule has 1 amide bonds. The maximum absolute atomic E-state index is 12.4. The van der Waals surface area contributed by atoms with Crippen LogP contribution >= 0.6 is 0 Å². The first-order chi connectivity index (χ1) is 9.79. The first-order valence-electron chi connectivity index (χ1n) is 6.45. The van der Waals surface area contributed by atoms with Gasteiger partial charge in [-0.3, -0.25) is 9.59 Å². The minimum Gasteiger partial charge on any atom is -0.481 e. The van der Waals surface area contributed by atoms with Crippen LogP contribution in [0.2, 0.25) is 0 Å². The highest BCUT2D eigenvalue weighted by atomic mass is 19.4. The van der Waals surface area contributed by atoms with E-state index in [2.05, 4.69) is 5.32 Å². The summed E-state index contributed by atoms with van der Waals surface area (Å²) in [5.41, 5.74) is -0.218. The zero-order valence-corrected chi connectivity index (χ0v) is 11.0. The van der Waals surface area contributed by atoms with E-state index in [1.54, 1.807) is 0 Å². The molecule has 1 fully saturated rings. The lowest BCUT2D eigenvalue weighted by molar-refractivity contribution is -0.152. The molecule has 1 aromatic carbocycles. The maximum atomic E-state index is 12.4. The van der Waals surface area contributed by atoms with E-state index < -0.39 is 29.5 Å². The molecular formula is C14H14F3NO3. The van der Waals surface area contributed by atoms with Gasteiger partial charge in [0, 0.05) is 6.54 Å². The lowest BCUT2D eigenvalue weighted by Gasteiger charge is -2.31. The third-order valence-electron chi connectivity index (χ3n) is 3.68. The lowest BCUT2D eigenvalue weighted by atomic mass is 9.73. The fourth-order valence-electron chi connectivity index (χ4n) is 2.24. The molecule has 1 aromatic rings. The molecule has 0 aromatic heterocycles. The Hall–Kier alpha value is -2.05. The molecule has 21 heavy (non-hydrogen) atoms. The fourth-order valence-corrected chi connectivity index (χ4v) is 2.24. The standard InChI is InChI=1S/C14H14F3NO3/c15-14(16,17)9-3-1-8(2-4-9)7-18-12(19)10-5-6-11(10)13(20)21/h1-4,10-11H,5-7H2,(H,18,19)(H,20,21). The molecule has 0 radical (unpaired) electrons. The average Bonchev–Trinajstić information content (AvgIpc) is 2.33. The van der Waals surface area contributed by atoms with Crippen molar-refractivity contribution in [3.05, 3.63) is 35.4 Å². The molecule has 4 nitrogen and oxygen atoms in total. The monoisotopic (exact) mass is 301 g/mol. The summed E-state index contributed by atoms with van der Waals surface area (Å²) in [5.74, 6) is -2.56. The van der Waals surface area contributed by atoms with Crippen LogP contribution in [-0.2, 0) is 22.3 Å². The zero-order chi connectivity index (χ0) is 15.6. The van der Waals surface area contributed by atoms with Gasteiger partial charge >= 0.3 is 12.1 Å². The van der Waals surface area contributed by atoms with Crippen LogP contribution in [0.4, 0.5) is 13.2 Å². The predicted octanol–water partition coefficient (Wildman–Crippen LogP) is 2.43. The Labute approximate surface area is 119 Å². The summed E-state index contributed by atoms with van der Waals surface area (Å²) in [5, 5.41) is 11.4. The van der Waals surface area contributed by atoms with Crippen molar-refractivity contribution < 1.29 is 27.9 Å². The van der Waals surface area contributed by atoms with E-state index in [0.717, 1.165) is 12.1 Å². The average molecular weight is 301 g/mol. The Kier molecular flexibility index (Phi) is 4.20. The summed E-state index contributed by atoms with van der Waals surface area (Å²) >= 11 is 0. The molecule has 114 valence electrons. The number of carbonyl (C=O) groups excluding carboxylic acids is 1. The predicted molar refractivity (Wildman–Crippen MR) is 67.1 cm³/mol. The highest BCUT2D eigenvalue weighted by Gasteiger charge is 2.41. The van der Waals surface area contributed by atoms with Gasteiger partial charge in [-0.05, 0) is 30.5 Å². The second-order valence-electron chi connectivity index (χ2n) is 5.04. The fraction of sp³-hybridized carbons (Fsp3) is 0.429. The van der Waals surface area contributed by atoms with Gasteiger partial charge in [0.05, 0.1) is 17.4 Å². The van der Waals surface area contributed by atoms with E-state index in [4.69, 9.17) is 5.11 Å². The summed E-state index contributed by atoms with van der Waals surface area (Å²) in [7, 11) is 0. The van der Waals surface area contributed by atoms with Gasteiger partial charge in [-0.1, -0.05) is 12.1 Å². The number of halogens is 3. The first-order valence-corrected chi connectivity index (χ1v) is 6.45. The second kappa shape index (κ2) is 5.75. The molecule has 2 N–H and O–H groups in total. The van der Waals surface area contributed by atoms with Gasteiger partial charge in [0.15, 0.2) is 0 Å². The molecular weight excluding hydrogens is 287 g/mol. The second-order valence-corrected chi connectivity index (χ2v) is 5.04. The van der Waals surface area contributed by atoms with Crippen molar-refractivity contribution in [3.8, 4) is 0 Å². The number of carboxylic acid groups (broad SMARTS) is 1. The van der Waals surface area contributed by atoms with Crippen molar-refractivity contribution in [3.63, 3.8) is 0 Å². The van der Waals surface area contributed by atoms with Crippen LogP contribution in [0.1, 0.15) is 24.0 Å². The highest BCUT2D eigenvalue weighted by Crippen LogP contribution is 2.34. The van der Waals surface area contributed by atoms with Crippen LogP contribution in [-0.4, -0.2) is 17.0 Å². The number of benzene rings is 1. The van der Waals surface area contributed by atoms with E-state index in [0.29, 0.717) is 18.4 Å². The smallest absolute Gasteiger partial charge is 0.416 e. The van der Waals surface area contributed by atoms with E-state index in [9.17, 15) is 22.8 Å². The van der Waals surface area contributed by atoms with Crippen LogP contribution < -0.4 is 5.32 Å². The molecule has 0 saturated heterocycles. The molecule has 0 heterocycles. The quantitative estimate of drug-likeness (QED) is 0.897. The normalized spacial score (nSPS) is 21.5. The molecule has 1 saturated carbocycles. The Bertz CT molecular complexity index is 539. The number of hydrogen-bond acceptors (Lipinski definition) is 2. The Balaban J connectivity index is 1.89. The summed E-state index contributed by atoms with van der Waals surface area (Å²) in [6, 6.07) is 4.48. The number of carbonyl (C=O) groups is 2. The molecule has 1 aliphatic rings. The minimum atomic E-state index is -4.39. The summed E-state index contributed by atoms with van der Waals surface area (Å²) in [6.07, 6.45) is -3.38. The van der Waals surface area contributed by atoms with Crippen LogP contribution in [0.5, 0.6) is 0 Å². The molecule has 0 spiro atoms.